The molecule has 10 heteroatoms. The van der Waals surface area contributed by atoms with Crippen molar-refractivity contribution in [2.75, 3.05) is 40.3 Å². The van der Waals surface area contributed by atoms with Gasteiger partial charge in [-0.3, -0.25) is 0 Å². The van der Waals surface area contributed by atoms with E-state index in [0.717, 1.165) is 28.5 Å². The molecule has 196 valence electrons. The van der Waals surface area contributed by atoms with Crippen molar-refractivity contribution in [1.82, 2.24) is 8.75 Å². The van der Waals surface area contributed by atoms with E-state index < -0.39 is 11.8 Å². The molecule has 0 saturated carbocycles. The van der Waals surface area contributed by atoms with Crippen molar-refractivity contribution in [3.63, 3.8) is 0 Å². The molecule has 0 fully saturated rings. The fraction of sp³-hybridized carbons (Fsp3) is 0.250. The first-order valence-corrected chi connectivity index (χ1v) is 12.5. The summed E-state index contributed by atoms with van der Waals surface area (Å²) in [4.78, 5) is 15.4. The molecule has 1 unspecified atom stereocenters. The second-order valence-corrected chi connectivity index (χ2v) is 9.53. The van der Waals surface area contributed by atoms with E-state index in [9.17, 15) is 9.90 Å². The van der Waals surface area contributed by atoms with Crippen molar-refractivity contribution in [2.45, 2.75) is 12.2 Å². The van der Waals surface area contributed by atoms with Gasteiger partial charge in [0.25, 0.3) is 5.79 Å². The van der Waals surface area contributed by atoms with Gasteiger partial charge in [-0.1, -0.05) is 18.2 Å². The second-order valence-electron chi connectivity index (χ2n) is 9.01. The van der Waals surface area contributed by atoms with Crippen molar-refractivity contribution < 1.29 is 28.8 Å². The monoisotopic (exact) mass is 533 g/mol. The molecule has 1 aromatic heterocycles. The van der Waals surface area contributed by atoms with Crippen molar-refractivity contribution in [3.05, 3.63) is 76.9 Å². The molecular formula is C28H27N3O6S. The molecule has 1 aliphatic rings. The Kier molecular flexibility index (Phi) is 6.68. The molecule has 38 heavy (non-hydrogen) atoms. The largest absolute Gasteiger partial charge is 0.493 e. The summed E-state index contributed by atoms with van der Waals surface area (Å²) < 4.78 is 30.8. The average Bonchev–Trinajstić information content (AvgIpc) is 3.49. The number of benzene rings is 3. The second kappa shape index (κ2) is 9.96. The summed E-state index contributed by atoms with van der Waals surface area (Å²) in [5.41, 5.74) is 4.82. The maximum atomic E-state index is 13.4. The van der Waals surface area contributed by atoms with Gasteiger partial charge < -0.3 is 29.0 Å². The number of carbonyl (C=O) groups excluding carboxylic acids is 1. The highest BCUT2D eigenvalue weighted by Crippen LogP contribution is 2.49. The predicted octanol–water partition coefficient (Wildman–Crippen LogP) is 4.18. The zero-order valence-corrected chi connectivity index (χ0v) is 22.5. The molecule has 1 atom stereocenters. The van der Waals surface area contributed by atoms with Crippen LogP contribution < -0.4 is 19.1 Å². The summed E-state index contributed by atoms with van der Waals surface area (Å²) in [6.45, 7) is 0. The van der Waals surface area contributed by atoms with Crippen LogP contribution >= 0.6 is 11.7 Å². The maximum absolute atomic E-state index is 13.4. The lowest BCUT2D eigenvalue weighted by molar-refractivity contribution is -0.185. The highest BCUT2D eigenvalue weighted by Gasteiger charge is 2.49. The van der Waals surface area contributed by atoms with Crippen LogP contribution in [0.5, 0.6) is 17.2 Å². The van der Waals surface area contributed by atoms with Crippen LogP contribution in [0.1, 0.15) is 16.7 Å². The summed E-state index contributed by atoms with van der Waals surface area (Å²) in [6.07, 6.45) is 0.245. The first-order valence-electron chi connectivity index (χ1n) is 11.8. The van der Waals surface area contributed by atoms with E-state index in [1.165, 1.54) is 21.3 Å². The maximum Gasteiger partial charge on any atom is 0.342 e. The number of cyclic esters (lactones) is 1. The van der Waals surface area contributed by atoms with Crippen molar-refractivity contribution in [2.24, 2.45) is 0 Å². The van der Waals surface area contributed by atoms with Gasteiger partial charge in [-0.05, 0) is 47.5 Å². The van der Waals surface area contributed by atoms with Gasteiger partial charge in [0, 0.05) is 37.3 Å². The molecule has 3 aromatic carbocycles. The molecule has 0 aliphatic carbocycles. The fourth-order valence-corrected chi connectivity index (χ4v) is 5.12. The molecule has 0 amide bonds. The Labute approximate surface area is 224 Å². The molecule has 1 aliphatic heterocycles. The summed E-state index contributed by atoms with van der Waals surface area (Å²) in [5, 5.41) is 12.1. The summed E-state index contributed by atoms with van der Waals surface area (Å²) >= 11 is 1.09. The van der Waals surface area contributed by atoms with Crippen LogP contribution in [0.4, 0.5) is 5.69 Å². The number of rotatable bonds is 8. The van der Waals surface area contributed by atoms with Gasteiger partial charge in [0.05, 0.1) is 38.6 Å². The number of ether oxygens (including phenoxy) is 4. The Hall–Kier alpha value is -4.15. The smallest absolute Gasteiger partial charge is 0.342 e. The van der Waals surface area contributed by atoms with Crippen molar-refractivity contribution >= 4 is 40.0 Å². The first-order chi connectivity index (χ1) is 18.3. The molecule has 0 saturated heterocycles. The number of hydrogen-bond donors (Lipinski definition) is 1. The first kappa shape index (κ1) is 25.5. The SMILES string of the molecule is COc1cc(C2(O)OC(=O)C(c3ccc4nsnc4c3)=C2Cc2ccc(N(C)C)cc2)cc(OC)c1OC. The Morgan fingerprint density at radius 3 is 2.18 bits per heavy atom. The van der Waals surface area contributed by atoms with E-state index >= 15 is 0 Å². The van der Waals surface area contributed by atoms with Crippen molar-refractivity contribution in [3.8, 4) is 17.2 Å². The van der Waals surface area contributed by atoms with Gasteiger partial charge in [-0.15, -0.1) is 0 Å². The molecule has 4 aromatic rings. The number of carbonyl (C=O) groups is 1. The van der Waals surface area contributed by atoms with Crippen LogP contribution in [0.2, 0.25) is 0 Å². The fourth-order valence-electron chi connectivity index (χ4n) is 4.60. The molecule has 0 radical (unpaired) electrons. The minimum atomic E-state index is -2.09. The van der Waals surface area contributed by atoms with E-state index in [0.29, 0.717) is 33.9 Å². The zero-order chi connectivity index (χ0) is 27.0. The summed E-state index contributed by atoms with van der Waals surface area (Å²) in [5.74, 6) is -1.73. The number of methoxy groups -OCH3 is 3. The van der Waals surface area contributed by atoms with E-state index in [-0.39, 0.29) is 17.6 Å². The predicted molar refractivity (Wildman–Crippen MR) is 145 cm³/mol. The molecule has 2 heterocycles. The van der Waals surface area contributed by atoms with Crippen LogP contribution in [0.25, 0.3) is 16.6 Å². The van der Waals surface area contributed by atoms with E-state index in [1.807, 2.05) is 43.3 Å². The third kappa shape index (κ3) is 4.31. The highest BCUT2D eigenvalue weighted by molar-refractivity contribution is 7.00. The van der Waals surface area contributed by atoms with Crippen LogP contribution in [0.15, 0.2) is 60.2 Å². The summed E-state index contributed by atoms with van der Waals surface area (Å²) in [7, 11) is 8.39. The van der Waals surface area contributed by atoms with Crippen molar-refractivity contribution in [1.29, 1.82) is 0 Å². The molecule has 1 N–H and O–H groups in total. The highest BCUT2D eigenvalue weighted by atomic mass is 32.1. The number of nitrogens with zero attached hydrogens (tertiary/aromatic N) is 3. The van der Waals surface area contributed by atoms with Crippen LogP contribution in [0, 0.1) is 0 Å². The van der Waals surface area contributed by atoms with Crippen LogP contribution in [0.3, 0.4) is 0 Å². The van der Waals surface area contributed by atoms with E-state index in [2.05, 4.69) is 8.75 Å². The van der Waals surface area contributed by atoms with Gasteiger partial charge in [0.15, 0.2) is 11.5 Å². The lowest BCUT2D eigenvalue weighted by atomic mass is 9.87. The lowest BCUT2D eigenvalue weighted by Crippen LogP contribution is -2.30. The summed E-state index contributed by atoms with van der Waals surface area (Å²) in [6, 6.07) is 16.4. The Balaban J connectivity index is 1.71. The molecule has 9 nitrogen and oxygen atoms in total. The average molecular weight is 534 g/mol. The van der Waals surface area contributed by atoms with Gasteiger partial charge in [-0.2, -0.15) is 8.75 Å². The molecule has 5 rings (SSSR count). The molecule has 0 spiro atoms. The third-order valence-corrected chi connectivity index (χ3v) is 7.14. The van der Waals surface area contributed by atoms with Crippen LogP contribution in [-0.4, -0.2) is 55.2 Å². The van der Waals surface area contributed by atoms with Gasteiger partial charge in [0.2, 0.25) is 5.75 Å². The third-order valence-electron chi connectivity index (χ3n) is 6.59. The number of fused-ring (bicyclic) bond motifs is 1. The van der Waals surface area contributed by atoms with E-state index in [4.69, 9.17) is 18.9 Å². The number of aromatic nitrogens is 2. The Morgan fingerprint density at radius 1 is 0.921 bits per heavy atom. The standard InChI is InChI=1S/C28H27N3O6S/c1-31(2)19-9-6-16(7-10-19)12-20-25(17-8-11-21-22(13-17)30-38-29-21)27(32)37-28(20,33)18-14-23(34-3)26(36-5)24(15-18)35-4/h6-11,13-15,33H,12H2,1-5H3. The minimum Gasteiger partial charge on any atom is -0.493 e. The number of anilines is 1. The lowest BCUT2D eigenvalue weighted by Gasteiger charge is -2.27. The number of esters is 1. The number of hydrogen-bond acceptors (Lipinski definition) is 10. The normalized spacial score (nSPS) is 17.1. The molecular weight excluding hydrogens is 506 g/mol. The quantitative estimate of drug-likeness (QED) is 0.334. The minimum absolute atomic E-state index is 0.245. The van der Waals surface area contributed by atoms with Gasteiger partial charge in [-0.25, -0.2) is 4.79 Å². The zero-order valence-electron chi connectivity index (χ0n) is 21.6. The Bertz CT molecular complexity index is 1520. The Morgan fingerprint density at radius 2 is 1.58 bits per heavy atom. The van der Waals surface area contributed by atoms with E-state index in [1.54, 1.807) is 30.3 Å². The number of aliphatic hydroxyl groups is 1. The van der Waals surface area contributed by atoms with Gasteiger partial charge >= 0.3 is 5.97 Å². The molecule has 0 bridgehead atoms. The topological polar surface area (TPSA) is 103 Å². The van der Waals surface area contributed by atoms with Crippen LogP contribution in [-0.2, 0) is 21.7 Å². The van der Waals surface area contributed by atoms with Gasteiger partial charge in [0.1, 0.15) is 11.0 Å².